The van der Waals surface area contributed by atoms with Crippen LogP contribution in [0.1, 0.15) is 21.3 Å². The number of allylic oxidation sites excluding steroid dienone is 5. The third kappa shape index (κ3) is 1.79. The Kier molecular flexibility index (Phi) is 3.27. The average Bonchev–Trinajstić information content (AvgIpc) is 2.95. The Balaban J connectivity index is 0.000000781. The molecule has 2 aliphatic carbocycles. The molecule has 1 heteroatoms. The number of rotatable bonds is 0. The summed E-state index contributed by atoms with van der Waals surface area (Å²) < 4.78 is 0. The Morgan fingerprint density at radius 1 is 0.773 bits per heavy atom. The monoisotopic (exact) mass is 358 g/mol. The number of fused-ring (bicyclic) bond motifs is 8. The second-order valence-corrected chi connectivity index (χ2v) is 5.68. The Morgan fingerprint density at radius 2 is 1.41 bits per heavy atom. The van der Waals surface area contributed by atoms with E-state index in [9.17, 15) is 0 Å². The van der Waals surface area contributed by atoms with Crippen LogP contribution in [0.25, 0.3) is 21.5 Å². The van der Waals surface area contributed by atoms with E-state index in [1.165, 1.54) is 38.2 Å². The first-order chi connectivity index (χ1) is 10.4. The number of hydrogen-bond donors (Lipinski definition) is 0. The molecule has 0 fully saturated rings. The molecule has 0 bridgehead atoms. The minimum absolute atomic E-state index is 0. The van der Waals surface area contributed by atoms with Gasteiger partial charge in [0.2, 0.25) is 0 Å². The average molecular weight is 360 g/mol. The molecule has 2 aliphatic rings. The second-order valence-electron chi connectivity index (χ2n) is 5.68. The largest absolute Gasteiger partial charge is 4.00 e. The SMILES string of the molecule is [C-]1=C2C=CC=CC2c2c1c1ccccc1c1ccccc21.[H-].[H-].[H-].[Zr+4]. The topological polar surface area (TPSA) is 0 Å². The Labute approximate surface area is 153 Å². The molecular formula is C21H16Zr. The van der Waals surface area contributed by atoms with Gasteiger partial charge in [0.1, 0.15) is 0 Å². The molecule has 0 radical (unpaired) electrons. The summed E-state index contributed by atoms with van der Waals surface area (Å²) in [6.07, 6.45) is 12.4. The Bertz CT molecular complexity index is 1000. The van der Waals surface area contributed by atoms with Gasteiger partial charge in [-0.05, 0) is 11.3 Å². The summed E-state index contributed by atoms with van der Waals surface area (Å²) in [5.41, 5.74) is 3.98. The van der Waals surface area contributed by atoms with Crippen LogP contribution >= 0.6 is 0 Å². The molecule has 0 heterocycles. The standard InChI is InChI=1S/C21H13.Zr.3H/c1-2-8-15-14(7-1)13-20-18-11-4-3-9-16(18)17-10-5-6-12-19(17)21(15)20;;;;/h1-12,15H;;;;/q-1;+4;3*-1. The molecule has 0 aromatic heterocycles. The first-order valence-electron chi connectivity index (χ1n) is 7.35. The van der Waals surface area contributed by atoms with Crippen LogP contribution in [-0.2, 0) is 26.2 Å². The van der Waals surface area contributed by atoms with Crippen LogP contribution in [0.3, 0.4) is 0 Å². The molecule has 0 N–H and O–H groups in total. The van der Waals surface area contributed by atoms with Crippen molar-refractivity contribution in [1.29, 1.82) is 0 Å². The van der Waals surface area contributed by atoms with Crippen molar-refractivity contribution in [2.24, 2.45) is 0 Å². The van der Waals surface area contributed by atoms with Gasteiger partial charge in [-0.1, -0.05) is 76.8 Å². The van der Waals surface area contributed by atoms with Crippen LogP contribution in [0.2, 0.25) is 0 Å². The van der Waals surface area contributed by atoms with Crippen molar-refractivity contribution >= 4 is 21.5 Å². The molecule has 3 aromatic rings. The zero-order valence-corrected chi connectivity index (χ0v) is 14.5. The summed E-state index contributed by atoms with van der Waals surface area (Å²) in [6, 6.07) is 17.4. The molecule has 0 nitrogen and oxygen atoms in total. The van der Waals surface area contributed by atoms with Crippen LogP contribution in [0.15, 0.2) is 78.4 Å². The van der Waals surface area contributed by atoms with Gasteiger partial charge in [-0.2, -0.15) is 0 Å². The van der Waals surface area contributed by atoms with Gasteiger partial charge in [-0.25, -0.2) is 0 Å². The van der Waals surface area contributed by atoms with Crippen LogP contribution in [-0.4, -0.2) is 0 Å². The van der Waals surface area contributed by atoms with Gasteiger partial charge < -0.3 is 4.28 Å². The van der Waals surface area contributed by atoms with Gasteiger partial charge in [0.25, 0.3) is 0 Å². The van der Waals surface area contributed by atoms with Crippen LogP contribution < -0.4 is 0 Å². The maximum absolute atomic E-state index is 3.65. The summed E-state index contributed by atoms with van der Waals surface area (Å²) >= 11 is 0. The van der Waals surface area contributed by atoms with Gasteiger partial charge >= 0.3 is 26.2 Å². The summed E-state index contributed by atoms with van der Waals surface area (Å²) in [7, 11) is 0. The van der Waals surface area contributed by atoms with Crippen molar-refractivity contribution in [3.63, 3.8) is 0 Å². The van der Waals surface area contributed by atoms with Crippen molar-refractivity contribution in [2.75, 3.05) is 0 Å². The number of benzene rings is 3. The van der Waals surface area contributed by atoms with E-state index >= 15 is 0 Å². The summed E-state index contributed by atoms with van der Waals surface area (Å²) in [4.78, 5) is 0. The molecule has 0 aliphatic heterocycles. The van der Waals surface area contributed by atoms with Gasteiger partial charge in [0.05, 0.1) is 0 Å². The Morgan fingerprint density at radius 3 is 2.18 bits per heavy atom. The second kappa shape index (κ2) is 5.18. The fraction of sp³-hybridized carbons (Fsp3) is 0.0476. The van der Waals surface area contributed by atoms with Crippen LogP contribution in [0, 0.1) is 6.08 Å². The van der Waals surface area contributed by atoms with E-state index in [1.54, 1.807) is 0 Å². The molecule has 5 rings (SSSR count). The molecular weight excluding hydrogens is 343 g/mol. The van der Waals surface area contributed by atoms with Crippen molar-refractivity contribution in [1.82, 2.24) is 0 Å². The first kappa shape index (κ1) is 13.9. The van der Waals surface area contributed by atoms with E-state index in [4.69, 9.17) is 0 Å². The van der Waals surface area contributed by atoms with Gasteiger partial charge in [0, 0.05) is 0 Å². The molecule has 0 amide bonds. The smallest absolute Gasteiger partial charge is 1.00 e. The molecule has 0 saturated heterocycles. The summed E-state index contributed by atoms with van der Waals surface area (Å²) in [5.74, 6) is 0.361. The maximum atomic E-state index is 3.65. The van der Waals surface area contributed by atoms with Crippen LogP contribution in [0.5, 0.6) is 0 Å². The zero-order valence-electron chi connectivity index (χ0n) is 15.0. The van der Waals surface area contributed by atoms with Crippen molar-refractivity contribution in [3.8, 4) is 0 Å². The van der Waals surface area contributed by atoms with Crippen molar-refractivity contribution in [3.05, 3.63) is 95.6 Å². The minimum atomic E-state index is 0. The normalized spacial score (nSPS) is 18.0. The minimum Gasteiger partial charge on any atom is -1.00 e. The van der Waals surface area contributed by atoms with Gasteiger partial charge in [0.15, 0.2) is 0 Å². The van der Waals surface area contributed by atoms with Gasteiger partial charge in [-0.15, -0.1) is 34.9 Å². The molecule has 104 valence electrons. The van der Waals surface area contributed by atoms with Crippen molar-refractivity contribution in [2.45, 2.75) is 5.92 Å². The van der Waals surface area contributed by atoms with E-state index in [-0.39, 0.29) is 30.5 Å². The van der Waals surface area contributed by atoms with Crippen LogP contribution in [0.4, 0.5) is 0 Å². The van der Waals surface area contributed by atoms with E-state index in [1.807, 2.05) is 0 Å². The quantitative estimate of drug-likeness (QED) is 0.360. The fourth-order valence-corrected chi connectivity index (χ4v) is 3.68. The molecule has 3 aromatic carbocycles. The molecule has 0 saturated carbocycles. The molecule has 1 unspecified atom stereocenters. The summed E-state index contributed by atoms with van der Waals surface area (Å²) in [6.45, 7) is 0. The number of hydrogen-bond acceptors (Lipinski definition) is 0. The molecule has 22 heavy (non-hydrogen) atoms. The van der Waals surface area contributed by atoms with Gasteiger partial charge in [-0.3, -0.25) is 0 Å². The molecule has 0 spiro atoms. The van der Waals surface area contributed by atoms with E-state index in [0.717, 1.165) is 0 Å². The third-order valence-corrected chi connectivity index (χ3v) is 4.58. The summed E-state index contributed by atoms with van der Waals surface area (Å²) in [5, 5.41) is 5.35. The molecule has 1 atom stereocenters. The van der Waals surface area contributed by atoms with E-state index in [2.05, 4.69) is 78.9 Å². The van der Waals surface area contributed by atoms with Crippen molar-refractivity contribution < 1.29 is 30.5 Å². The predicted octanol–water partition coefficient (Wildman–Crippen LogP) is 5.63. The fourth-order valence-electron chi connectivity index (χ4n) is 3.68. The zero-order chi connectivity index (χ0) is 13.8. The van der Waals surface area contributed by atoms with E-state index < -0.39 is 0 Å². The maximum Gasteiger partial charge on any atom is 4.00 e. The predicted molar refractivity (Wildman–Crippen MR) is 91.7 cm³/mol. The Hall–Kier alpha value is -1.72. The first-order valence-corrected chi connectivity index (χ1v) is 7.35. The third-order valence-electron chi connectivity index (χ3n) is 4.58. The van der Waals surface area contributed by atoms with E-state index in [0.29, 0.717) is 5.92 Å².